The van der Waals surface area contributed by atoms with E-state index in [1.807, 2.05) is 65.2 Å². The molecule has 0 aliphatic rings. The fraction of sp³-hybridized carbons (Fsp3) is 0.143. The molecule has 4 nitrogen and oxygen atoms in total. The van der Waals surface area contributed by atoms with Gasteiger partial charge in [0.15, 0.2) is 0 Å². The Labute approximate surface area is 146 Å². The van der Waals surface area contributed by atoms with Crippen molar-refractivity contribution < 1.29 is 5.11 Å². The van der Waals surface area contributed by atoms with E-state index in [-0.39, 0.29) is 0 Å². The van der Waals surface area contributed by atoms with Crippen LogP contribution in [0.25, 0.3) is 28.2 Å². The zero-order chi connectivity index (χ0) is 17.4. The van der Waals surface area contributed by atoms with E-state index in [1.165, 1.54) is 0 Å². The molecule has 4 heteroatoms. The number of pyridine rings is 2. The summed E-state index contributed by atoms with van der Waals surface area (Å²) in [5.41, 5.74) is 4.76. The van der Waals surface area contributed by atoms with Gasteiger partial charge in [-0.25, -0.2) is 4.98 Å². The summed E-state index contributed by atoms with van der Waals surface area (Å²) in [6, 6.07) is 17.8. The molecule has 0 radical (unpaired) electrons. The molecule has 0 unspecified atom stereocenters. The fourth-order valence-corrected chi connectivity index (χ4v) is 2.88. The van der Waals surface area contributed by atoms with Crippen molar-refractivity contribution >= 4 is 5.65 Å². The second-order valence-corrected chi connectivity index (χ2v) is 6.66. The van der Waals surface area contributed by atoms with Crippen molar-refractivity contribution in [2.45, 2.75) is 19.4 Å². The number of aromatic nitrogens is 3. The Bertz CT molecular complexity index is 1030. The normalized spacial score (nSPS) is 11.8. The molecule has 0 saturated carbocycles. The highest BCUT2D eigenvalue weighted by Crippen LogP contribution is 2.27. The third kappa shape index (κ3) is 3.04. The number of fused-ring (bicyclic) bond motifs is 1. The summed E-state index contributed by atoms with van der Waals surface area (Å²) in [5, 5.41) is 10.2. The van der Waals surface area contributed by atoms with Crippen LogP contribution in [0, 0.1) is 0 Å². The standard InChI is InChI=1S/C21H19N3O/c1-21(2,25)17-7-5-6-15(12-17)16-9-10-20-23-19(14-24(20)13-16)18-8-3-4-11-22-18/h3-14,25H,1-2H3. The number of benzene rings is 1. The van der Waals surface area contributed by atoms with E-state index in [0.29, 0.717) is 0 Å². The van der Waals surface area contributed by atoms with Gasteiger partial charge >= 0.3 is 0 Å². The second-order valence-electron chi connectivity index (χ2n) is 6.66. The second kappa shape index (κ2) is 5.83. The lowest BCUT2D eigenvalue weighted by atomic mass is 9.95. The van der Waals surface area contributed by atoms with E-state index < -0.39 is 5.60 Å². The Kier molecular flexibility index (Phi) is 3.62. The topological polar surface area (TPSA) is 50.4 Å². The maximum atomic E-state index is 10.2. The molecule has 3 aromatic heterocycles. The van der Waals surface area contributed by atoms with Crippen molar-refractivity contribution in [2.75, 3.05) is 0 Å². The average molecular weight is 329 g/mol. The van der Waals surface area contributed by atoms with Crippen LogP contribution in [0.2, 0.25) is 0 Å². The first-order valence-electron chi connectivity index (χ1n) is 8.24. The summed E-state index contributed by atoms with van der Waals surface area (Å²) in [5.74, 6) is 0. The molecule has 0 atom stereocenters. The lowest BCUT2D eigenvalue weighted by Gasteiger charge is -2.18. The highest BCUT2D eigenvalue weighted by Gasteiger charge is 2.16. The Hall–Kier alpha value is -2.98. The number of aliphatic hydroxyl groups is 1. The molecule has 4 rings (SSSR count). The van der Waals surface area contributed by atoms with Crippen LogP contribution in [0.4, 0.5) is 0 Å². The van der Waals surface area contributed by atoms with Gasteiger partial charge in [-0.2, -0.15) is 0 Å². The Morgan fingerprint density at radius 1 is 0.880 bits per heavy atom. The van der Waals surface area contributed by atoms with Crippen molar-refractivity contribution in [3.63, 3.8) is 0 Å². The smallest absolute Gasteiger partial charge is 0.137 e. The Balaban J connectivity index is 1.77. The molecule has 0 aliphatic carbocycles. The summed E-state index contributed by atoms with van der Waals surface area (Å²) >= 11 is 0. The quantitative estimate of drug-likeness (QED) is 0.610. The molecule has 0 amide bonds. The number of imidazole rings is 1. The minimum absolute atomic E-state index is 0.850. The minimum atomic E-state index is -0.860. The van der Waals surface area contributed by atoms with Crippen molar-refractivity contribution in [3.8, 4) is 22.5 Å². The van der Waals surface area contributed by atoms with Crippen LogP contribution >= 0.6 is 0 Å². The molecule has 0 saturated heterocycles. The SMILES string of the molecule is CC(C)(O)c1cccc(-c2ccc3nc(-c4ccccn4)cn3c2)c1. The van der Waals surface area contributed by atoms with E-state index in [2.05, 4.69) is 16.2 Å². The van der Waals surface area contributed by atoms with Gasteiger partial charge in [-0.3, -0.25) is 4.98 Å². The van der Waals surface area contributed by atoms with Gasteiger partial charge in [-0.05, 0) is 60.9 Å². The monoisotopic (exact) mass is 329 g/mol. The van der Waals surface area contributed by atoms with Crippen molar-refractivity contribution in [2.24, 2.45) is 0 Å². The van der Waals surface area contributed by atoms with Gasteiger partial charge in [0.05, 0.1) is 11.3 Å². The summed E-state index contributed by atoms with van der Waals surface area (Å²) in [6.45, 7) is 3.59. The van der Waals surface area contributed by atoms with E-state index in [1.54, 1.807) is 20.0 Å². The van der Waals surface area contributed by atoms with Crippen LogP contribution in [0.15, 0.2) is 73.2 Å². The number of nitrogens with zero attached hydrogens (tertiary/aromatic N) is 3. The molecule has 4 aromatic rings. The summed E-state index contributed by atoms with van der Waals surface area (Å²) in [6.07, 6.45) is 5.81. The molecule has 3 heterocycles. The van der Waals surface area contributed by atoms with E-state index in [0.717, 1.165) is 33.7 Å². The van der Waals surface area contributed by atoms with Gasteiger partial charge in [0.25, 0.3) is 0 Å². The first-order valence-corrected chi connectivity index (χ1v) is 8.24. The molecule has 25 heavy (non-hydrogen) atoms. The van der Waals surface area contributed by atoms with Crippen LogP contribution < -0.4 is 0 Å². The molecule has 0 aliphatic heterocycles. The highest BCUT2D eigenvalue weighted by molar-refractivity contribution is 5.67. The third-order valence-electron chi connectivity index (χ3n) is 4.28. The lowest BCUT2D eigenvalue weighted by molar-refractivity contribution is 0.0786. The predicted molar refractivity (Wildman–Crippen MR) is 99.1 cm³/mol. The van der Waals surface area contributed by atoms with Gasteiger partial charge in [-0.15, -0.1) is 0 Å². The molecule has 1 aromatic carbocycles. The van der Waals surface area contributed by atoms with E-state index >= 15 is 0 Å². The van der Waals surface area contributed by atoms with Crippen LogP contribution in [0.3, 0.4) is 0 Å². The first-order chi connectivity index (χ1) is 12.0. The first kappa shape index (κ1) is 15.5. The number of hydrogen-bond donors (Lipinski definition) is 1. The molecule has 0 bridgehead atoms. The van der Waals surface area contributed by atoms with Crippen molar-refractivity contribution in [1.82, 2.24) is 14.4 Å². The predicted octanol–water partition coefficient (Wildman–Crippen LogP) is 4.29. The van der Waals surface area contributed by atoms with Gasteiger partial charge in [0, 0.05) is 18.6 Å². The van der Waals surface area contributed by atoms with E-state index in [4.69, 9.17) is 0 Å². The van der Waals surface area contributed by atoms with Gasteiger partial charge in [0.2, 0.25) is 0 Å². The van der Waals surface area contributed by atoms with Gasteiger partial charge in [-0.1, -0.05) is 24.3 Å². The van der Waals surface area contributed by atoms with Crippen molar-refractivity contribution in [1.29, 1.82) is 0 Å². The molecule has 124 valence electrons. The average Bonchev–Trinajstić information content (AvgIpc) is 3.05. The molecule has 0 spiro atoms. The summed E-state index contributed by atoms with van der Waals surface area (Å²) in [7, 11) is 0. The lowest BCUT2D eigenvalue weighted by Crippen LogP contribution is -2.15. The Morgan fingerprint density at radius 2 is 1.76 bits per heavy atom. The molecule has 0 fully saturated rings. The maximum Gasteiger partial charge on any atom is 0.137 e. The van der Waals surface area contributed by atoms with E-state index in [9.17, 15) is 5.11 Å². The number of hydrogen-bond acceptors (Lipinski definition) is 3. The fourth-order valence-electron chi connectivity index (χ4n) is 2.88. The highest BCUT2D eigenvalue weighted by atomic mass is 16.3. The van der Waals surface area contributed by atoms with Crippen LogP contribution in [-0.4, -0.2) is 19.5 Å². The largest absolute Gasteiger partial charge is 0.386 e. The van der Waals surface area contributed by atoms with Crippen LogP contribution in [0.1, 0.15) is 19.4 Å². The minimum Gasteiger partial charge on any atom is -0.386 e. The zero-order valence-corrected chi connectivity index (χ0v) is 14.2. The molecule has 1 N–H and O–H groups in total. The van der Waals surface area contributed by atoms with Crippen LogP contribution in [-0.2, 0) is 5.60 Å². The number of rotatable bonds is 3. The van der Waals surface area contributed by atoms with Gasteiger partial charge in [0.1, 0.15) is 11.3 Å². The van der Waals surface area contributed by atoms with Crippen molar-refractivity contribution in [3.05, 3.63) is 78.8 Å². The van der Waals surface area contributed by atoms with Crippen LogP contribution in [0.5, 0.6) is 0 Å². The zero-order valence-electron chi connectivity index (χ0n) is 14.2. The summed E-state index contributed by atoms with van der Waals surface area (Å²) in [4.78, 5) is 8.99. The molecular formula is C21H19N3O. The maximum absolute atomic E-state index is 10.2. The third-order valence-corrected chi connectivity index (χ3v) is 4.28. The summed E-state index contributed by atoms with van der Waals surface area (Å²) < 4.78 is 2.01. The van der Waals surface area contributed by atoms with Gasteiger partial charge < -0.3 is 9.51 Å². The molecular weight excluding hydrogens is 310 g/mol. The Morgan fingerprint density at radius 3 is 2.52 bits per heavy atom.